The van der Waals surface area contributed by atoms with E-state index in [4.69, 9.17) is 16.3 Å². The molecule has 0 saturated carbocycles. The molecule has 0 bridgehead atoms. The molecule has 0 atom stereocenters. The van der Waals surface area contributed by atoms with Gasteiger partial charge >= 0.3 is 0 Å². The first-order valence-electron chi connectivity index (χ1n) is 7.77. The van der Waals surface area contributed by atoms with Crippen LogP contribution in [0.5, 0.6) is 5.75 Å². The molecular formula is C19H20ClNO3. The predicted octanol–water partition coefficient (Wildman–Crippen LogP) is 4.02. The Hall–Kier alpha value is -2.33. The van der Waals surface area contributed by atoms with Gasteiger partial charge in [-0.15, -0.1) is 0 Å². The Morgan fingerprint density at radius 2 is 1.67 bits per heavy atom. The molecule has 2 rings (SSSR count). The van der Waals surface area contributed by atoms with Crippen LogP contribution in [-0.2, 0) is 11.3 Å². The van der Waals surface area contributed by atoms with Gasteiger partial charge in [-0.3, -0.25) is 9.59 Å². The molecule has 24 heavy (non-hydrogen) atoms. The van der Waals surface area contributed by atoms with E-state index in [1.165, 1.54) is 0 Å². The minimum atomic E-state index is -0.0625. The van der Waals surface area contributed by atoms with Crippen molar-refractivity contribution in [3.05, 3.63) is 64.7 Å². The minimum absolute atomic E-state index is 0.0307. The van der Waals surface area contributed by atoms with Crippen molar-refractivity contribution < 1.29 is 14.3 Å². The van der Waals surface area contributed by atoms with Gasteiger partial charge in [-0.2, -0.15) is 0 Å². The van der Waals surface area contributed by atoms with Gasteiger partial charge in [-0.1, -0.05) is 23.7 Å². The summed E-state index contributed by atoms with van der Waals surface area (Å²) in [5, 5.41) is 3.51. The van der Waals surface area contributed by atoms with E-state index in [0.29, 0.717) is 42.1 Å². The second-order valence-corrected chi connectivity index (χ2v) is 5.84. The van der Waals surface area contributed by atoms with Crippen LogP contribution in [0.4, 0.5) is 0 Å². The summed E-state index contributed by atoms with van der Waals surface area (Å²) in [7, 11) is 1.58. The average molecular weight is 346 g/mol. The molecule has 2 aromatic carbocycles. The standard InChI is InChI=1S/C19H20ClNO3/c1-24-17-11-7-15(8-12-17)18(22)3-2-4-19(23)21-13-14-5-9-16(20)10-6-14/h5-12H,2-4,13H2,1H3,(H,21,23). The lowest BCUT2D eigenvalue weighted by atomic mass is 10.1. The quantitative estimate of drug-likeness (QED) is 0.735. The highest BCUT2D eigenvalue weighted by molar-refractivity contribution is 6.30. The summed E-state index contributed by atoms with van der Waals surface area (Å²) in [6.45, 7) is 0.461. The fourth-order valence-corrected chi connectivity index (χ4v) is 2.35. The van der Waals surface area contributed by atoms with Crippen LogP contribution in [0.2, 0.25) is 5.02 Å². The van der Waals surface area contributed by atoms with E-state index in [1.54, 1.807) is 43.5 Å². The Balaban J connectivity index is 1.69. The van der Waals surface area contributed by atoms with Crippen LogP contribution in [0.1, 0.15) is 35.2 Å². The number of hydrogen-bond acceptors (Lipinski definition) is 3. The number of carbonyl (C=O) groups excluding carboxylic acids is 2. The molecule has 0 aliphatic rings. The maximum atomic E-state index is 12.1. The van der Waals surface area contributed by atoms with Crippen molar-refractivity contribution in [1.82, 2.24) is 5.32 Å². The van der Waals surface area contributed by atoms with Crippen LogP contribution in [0.15, 0.2) is 48.5 Å². The average Bonchev–Trinajstić information content (AvgIpc) is 2.61. The smallest absolute Gasteiger partial charge is 0.220 e. The van der Waals surface area contributed by atoms with Gasteiger partial charge in [0.15, 0.2) is 5.78 Å². The highest BCUT2D eigenvalue weighted by Gasteiger charge is 2.08. The summed E-state index contributed by atoms with van der Waals surface area (Å²) in [5.41, 5.74) is 1.62. The Morgan fingerprint density at radius 3 is 2.29 bits per heavy atom. The number of carbonyl (C=O) groups is 2. The van der Waals surface area contributed by atoms with Gasteiger partial charge in [0.2, 0.25) is 5.91 Å². The van der Waals surface area contributed by atoms with Crippen LogP contribution in [0, 0.1) is 0 Å². The van der Waals surface area contributed by atoms with Gasteiger partial charge in [-0.25, -0.2) is 0 Å². The summed E-state index contributed by atoms with van der Waals surface area (Å²) in [5.74, 6) is 0.684. The number of amides is 1. The molecule has 4 nitrogen and oxygen atoms in total. The molecule has 0 unspecified atom stereocenters. The van der Waals surface area contributed by atoms with Gasteiger partial charge in [0.05, 0.1) is 7.11 Å². The topological polar surface area (TPSA) is 55.4 Å². The lowest BCUT2D eigenvalue weighted by molar-refractivity contribution is -0.121. The second-order valence-electron chi connectivity index (χ2n) is 5.41. The molecule has 2 aromatic rings. The zero-order valence-electron chi connectivity index (χ0n) is 13.5. The van der Waals surface area contributed by atoms with E-state index >= 15 is 0 Å². The summed E-state index contributed by atoms with van der Waals surface area (Å²) in [6.07, 6.45) is 1.20. The van der Waals surface area contributed by atoms with Gasteiger partial charge < -0.3 is 10.1 Å². The van der Waals surface area contributed by atoms with Crippen molar-refractivity contribution in [2.75, 3.05) is 7.11 Å². The normalized spacial score (nSPS) is 10.2. The van der Waals surface area contributed by atoms with Crippen molar-refractivity contribution in [2.24, 2.45) is 0 Å². The number of Topliss-reactive ketones (excluding diaryl/α,β-unsaturated/α-hetero) is 1. The van der Waals surface area contributed by atoms with E-state index in [0.717, 1.165) is 5.56 Å². The molecule has 0 fully saturated rings. The molecule has 1 N–H and O–H groups in total. The van der Waals surface area contributed by atoms with Crippen molar-refractivity contribution in [2.45, 2.75) is 25.8 Å². The maximum Gasteiger partial charge on any atom is 0.220 e. The van der Waals surface area contributed by atoms with E-state index < -0.39 is 0 Å². The van der Waals surface area contributed by atoms with Crippen LogP contribution in [-0.4, -0.2) is 18.8 Å². The summed E-state index contributed by atoms with van der Waals surface area (Å²) < 4.78 is 5.06. The minimum Gasteiger partial charge on any atom is -0.497 e. The predicted molar refractivity (Wildman–Crippen MR) is 94.5 cm³/mol. The molecule has 5 heteroatoms. The van der Waals surface area contributed by atoms with E-state index in [-0.39, 0.29) is 11.7 Å². The number of ether oxygens (including phenoxy) is 1. The zero-order valence-corrected chi connectivity index (χ0v) is 14.3. The van der Waals surface area contributed by atoms with Crippen molar-refractivity contribution >= 4 is 23.3 Å². The molecule has 0 heterocycles. The first kappa shape index (κ1) is 18.0. The largest absolute Gasteiger partial charge is 0.497 e. The number of halogens is 1. The van der Waals surface area contributed by atoms with Gasteiger partial charge in [0.1, 0.15) is 5.75 Å². The summed E-state index contributed by atoms with van der Waals surface area (Å²) in [4.78, 5) is 23.9. The first-order chi connectivity index (χ1) is 11.6. The SMILES string of the molecule is COc1ccc(C(=O)CCCC(=O)NCc2ccc(Cl)cc2)cc1. The Labute approximate surface area is 146 Å². The van der Waals surface area contributed by atoms with Crippen molar-refractivity contribution in [3.8, 4) is 5.75 Å². The molecule has 0 aliphatic carbocycles. The van der Waals surface area contributed by atoms with E-state index in [2.05, 4.69) is 5.32 Å². The molecule has 126 valence electrons. The van der Waals surface area contributed by atoms with Crippen LogP contribution in [0.3, 0.4) is 0 Å². The monoisotopic (exact) mass is 345 g/mol. The van der Waals surface area contributed by atoms with E-state index in [1.807, 2.05) is 12.1 Å². The summed E-state index contributed by atoms with van der Waals surface area (Å²) >= 11 is 5.81. The van der Waals surface area contributed by atoms with Gasteiger partial charge in [-0.05, 0) is 48.4 Å². The molecular weight excluding hydrogens is 326 g/mol. The Morgan fingerprint density at radius 1 is 1.00 bits per heavy atom. The lowest BCUT2D eigenvalue weighted by Gasteiger charge is -2.06. The number of nitrogens with one attached hydrogen (secondary N) is 1. The number of ketones is 1. The van der Waals surface area contributed by atoms with Crippen molar-refractivity contribution in [1.29, 1.82) is 0 Å². The number of hydrogen-bond donors (Lipinski definition) is 1. The number of methoxy groups -OCH3 is 1. The lowest BCUT2D eigenvalue weighted by Crippen LogP contribution is -2.22. The maximum absolute atomic E-state index is 12.1. The zero-order chi connectivity index (χ0) is 17.4. The molecule has 0 saturated heterocycles. The molecule has 0 radical (unpaired) electrons. The van der Waals surface area contributed by atoms with Crippen LogP contribution >= 0.6 is 11.6 Å². The first-order valence-corrected chi connectivity index (χ1v) is 8.14. The molecule has 0 aliphatic heterocycles. The van der Waals surface area contributed by atoms with Gasteiger partial charge in [0, 0.05) is 30.0 Å². The number of rotatable bonds is 8. The third-order valence-electron chi connectivity index (χ3n) is 3.62. The summed E-state index contributed by atoms with van der Waals surface area (Å²) in [6, 6.07) is 14.3. The third-order valence-corrected chi connectivity index (χ3v) is 3.87. The highest BCUT2D eigenvalue weighted by atomic mass is 35.5. The fraction of sp³-hybridized carbons (Fsp3) is 0.263. The number of benzene rings is 2. The van der Waals surface area contributed by atoms with Crippen molar-refractivity contribution in [3.63, 3.8) is 0 Å². The van der Waals surface area contributed by atoms with Crippen LogP contribution in [0.25, 0.3) is 0 Å². The van der Waals surface area contributed by atoms with Crippen LogP contribution < -0.4 is 10.1 Å². The molecule has 0 aromatic heterocycles. The van der Waals surface area contributed by atoms with Gasteiger partial charge in [0.25, 0.3) is 0 Å². The highest BCUT2D eigenvalue weighted by Crippen LogP contribution is 2.14. The Bertz CT molecular complexity index is 681. The second kappa shape index (κ2) is 9.08. The molecule has 1 amide bonds. The third kappa shape index (κ3) is 5.70. The Kier molecular flexibility index (Phi) is 6.82. The van der Waals surface area contributed by atoms with E-state index in [9.17, 15) is 9.59 Å². The fourth-order valence-electron chi connectivity index (χ4n) is 2.22. The molecule has 0 spiro atoms.